The Morgan fingerprint density at radius 3 is 1.64 bits per heavy atom. The minimum Gasteiger partial charge on any atom is -0.508 e. The molecule has 1 aromatic carbocycles. The van der Waals surface area contributed by atoms with E-state index in [4.69, 9.17) is 5.11 Å². The molecule has 0 atom stereocenters. The van der Waals surface area contributed by atoms with E-state index in [0.29, 0.717) is 5.75 Å². The molecule has 2 rings (SSSR count). The quantitative estimate of drug-likeness (QED) is 0.696. The van der Waals surface area contributed by atoms with Gasteiger partial charge in [0.1, 0.15) is 5.75 Å². The average molecular weight is 206 g/mol. The summed E-state index contributed by atoms with van der Waals surface area (Å²) >= 11 is 1.77. The van der Waals surface area contributed by atoms with E-state index in [9.17, 15) is 0 Å². The zero-order valence-corrected chi connectivity index (χ0v) is 9.21. The van der Waals surface area contributed by atoms with Gasteiger partial charge >= 0.3 is 0 Å². The van der Waals surface area contributed by atoms with E-state index in [2.05, 4.69) is 24.6 Å². The van der Waals surface area contributed by atoms with Crippen molar-refractivity contribution < 1.29 is 5.11 Å². The van der Waals surface area contributed by atoms with Gasteiger partial charge in [-0.05, 0) is 47.9 Å². The first-order valence-electron chi connectivity index (χ1n) is 4.43. The van der Waals surface area contributed by atoms with Gasteiger partial charge in [0, 0.05) is 0 Å². The summed E-state index contributed by atoms with van der Waals surface area (Å²) < 4.78 is 0. The average Bonchev–Trinajstić information content (AvgIpc) is 2.53. The molecular weight excluding hydrogens is 192 g/mol. The van der Waals surface area contributed by atoms with E-state index in [1.807, 2.05) is 6.07 Å². The third kappa shape index (κ3) is 3.62. The zero-order chi connectivity index (χ0) is 10.4. The SMILES string of the molecule is Cc1cscc1C.Oc1ccccc1. The lowest BCUT2D eigenvalue weighted by molar-refractivity contribution is 0.475. The second kappa shape index (κ2) is 5.45. The number of hydrogen-bond donors (Lipinski definition) is 1. The van der Waals surface area contributed by atoms with Crippen LogP contribution >= 0.6 is 11.3 Å². The van der Waals surface area contributed by atoms with Crippen LogP contribution in [0.25, 0.3) is 0 Å². The second-order valence-electron chi connectivity index (χ2n) is 3.07. The molecule has 0 aliphatic rings. The summed E-state index contributed by atoms with van der Waals surface area (Å²) in [7, 11) is 0. The molecular formula is C12H14OS. The fourth-order valence-corrected chi connectivity index (χ4v) is 1.70. The van der Waals surface area contributed by atoms with E-state index in [1.165, 1.54) is 11.1 Å². The fourth-order valence-electron chi connectivity index (χ4n) is 0.852. The standard InChI is InChI=1S/C6H6O.C6H8S/c7-6-4-2-1-3-5-6;1-5-3-7-4-6(5)2/h1-5,7H;3-4H,1-2H3. The summed E-state index contributed by atoms with van der Waals surface area (Å²) in [5.74, 6) is 0.322. The largest absolute Gasteiger partial charge is 0.508 e. The van der Waals surface area contributed by atoms with Crippen molar-refractivity contribution in [2.75, 3.05) is 0 Å². The second-order valence-corrected chi connectivity index (χ2v) is 3.82. The number of aromatic hydroxyl groups is 1. The molecule has 0 amide bonds. The minimum absolute atomic E-state index is 0.322. The Bertz CT molecular complexity index is 348. The Morgan fingerprint density at radius 1 is 0.929 bits per heavy atom. The van der Waals surface area contributed by atoms with Crippen molar-refractivity contribution in [3.63, 3.8) is 0 Å². The number of rotatable bonds is 0. The molecule has 0 aliphatic carbocycles. The predicted octanol–water partition coefficient (Wildman–Crippen LogP) is 3.76. The maximum atomic E-state index is 8.63. The van der Waals surface area contributed by atoms with Gasteiger partial charge in [-0.3, -0.25) is 0 Å². The van der Waals surface area contributed by atoms with Gasteiger partial charge in [0.2, 0.25) is 0 Å². The summed E-state index contributed by atoms with van der Waals surface area (Å²) in [5, 5.41) is 13.0. The smallest absolute Gasteiger partial charge is 0.115 e. The third-order valence-electron chi connectivity index (χ3n) is 1.87. The molecule has 0 spiro atoms. The molecule has 74 valence electrons. The van der Waals surface area contributed by atoms with Crippen molar-refractivity contribution in [1.29, 1.82) is 0 Å². The van der Waals surface area contributed by atoms with Crippen LogP contribution in [0.5, 0.6) is 5.75 Å². The highest BCUT2D eigenvalue weighted by Crippen LogP contribution is 2.10. The number of phenolic OH excluding ortho intramolecular Hbond substituents is 1. The molecule has 1 N–H and O–H groups in total. The van der Waals surface area contributed by atoms with E-state index in [0.717, 1.165) is 0 Å². The van der Waals surface area contributed by atoms with Gasteiger partial charge < -0.3 is 5.11 Å². The molecule has 2 heteroatoms. The van der Waals surface area contributed by atoms with Crippen molar-refractivity contribution in [3.05, 3.63) is 52.2 Å². The molecule has 0 radical (unpaired) electrons. The van der Waals surface area contributed by atoms with Gasteiger partial charge in [-0.15, -0.1) is 0 Å². The molecule has 1 heterocycles. The highest BCUT2D eigenvalue weighted by atomic mass is 32.1. The summed E-state index contributed by atoms with van der Waals surface area (Å²) in [4.78, 5) is 0. The molecule has 0 saturated heterocycles. The Morgan fingerprint density at radius 2 is 1.43 bits per heavy atom. The lowest BCUT2D eigenvalue weighted by Crippen LogP contribution is -1.63. The topological polar surface area (TPSA) is 20.2 Å². The van der Waals surface area contributed by atoms with Gasteiger partial charge in [0.15, 0.2) is 0 Å². The molecule has 0 fully saturated rings. The van der Waals surface area contributed by atoms with Crippen molar-refractivity contribution in [2.45, 2.75) is 13.8 Å². The Hall–Kier alpha value is -1.28. The monoisotopic (exact) mass is 206 g/mol. The summed E-state index contributed by atoms with van der Waals surface area (Å²) in [6, 6.07) is 8.71. The summed E-state index contributed by atoms with van der Waals surface area (Å²) in [6.45, 7) is 4.26. The van der Waals surface area contributed by atoms with E-state index < -0.39 is 0 Å². The lowest BCUT2D eigenvalue weighted by atomic mass is 10.2. The minimum atomic E-state index is 0.322. The van der Waals surface area contributed by atoms with Crippen molar-refractivity contribution >= 4 is 11.3 Å². The number of hydrogen-bond acceptors (Lipinski definition) is 2. The number of benzene rings is 1. The summed E-state index contributed by atoms with van der Waals surface area (Å²) in [5.41, 5.74) is 2.81. The highest BCUT2D eigenvalue weighted by Gasteiger charge is 1.86. The van der Waals surface area contributed by atoms with Crippen LogP contribution < -0.4 is 0 Å². The number of phenols is 1. The molecule has 0 unspecified atom stereocenters. The summed E-state index contributed by atoms with van der Waals surface area (Å²) in [6.07, 6.45) is 0. The van der Waals surface area contributed by atoms with Crippen molar-refractivity contribution in [2.24, 2.45) is 0 Å². The van der Waals surface area contributed by atoms with E-state index >= 15 is 0 Å². The molecule has 1 nitrogen and oxygen atoms in total. The Labute approximate surface area is 88.7 Å². The zero-order valence-electron chi connectivity index (χ0n) is 8.40. The first kappa shape index (κ1) is 10.8. The van der Waals surface area contributed by atoms with Crippen LogP contribution in [0, 0.1) is 13.8 Å². The maximum Gasteiger partial charge on any atom is 0.115 e. The van der Waals surface area contributed by atoms with E-state index in [1.54, 1.807) is 35.6 Å². The maximum absolute atomic E-state index is 8.63. The van der Waals surface area contributed by atoms with Gasteiger partial charge in [0.05, 0.1) is 0 Å². The van der Waals surface area contributed by atoms with Crippen LogP contribution in [0.15, 0.2) is 41.1 Å². The van der Waals surface area contributed by atoms with Crippen LogP contribution in [-0.2, 0) is 0 Å². The molecule has 0 bridgehead atoms. The first-order chi connectivity index (χ1) is 6.70. The van der Waals surface area contributed by atoms with Gasteiger partial charge in [-0.1, -0.05) is 18.2 Å². The normalized spacial score (nSPS) is 9.00. The van der Waals surface area contributed by atoms with Crippen LogP contribution in [0.3, 0.4) is 0 Å². The van der Waals surface area contributed by atoms with Crippen LogP contribution in [0.2, 0.25) is 0 Å². The molecule has 0 saturated carbocycles. The van der Waals surface area contributed by atoms with E-state index in [-0.39, 0.29) is 0 Å². The van der Waals surface area contributed by atoms with Crippen LogP contribution in [0.4, 0.5) is 0 Å². The number of para-hydroxylation sites is 1. The lowest BCUT2D eigenvalue weighted by Gasteiger charge is -1.82. The van der Waals surface area contributed by atoms with Gasteiger partial charge in [0.25, 0.3) is 0 Å². The van der Waals surface area contributed by atoms with Gasteiger partial charge in [-0.25, -0.2) is 0 Å². The van der Waals surface area contributed by atoms with Crippen molar-refractivity contribution in [1.82, 2.24) is 0 Å². The van der Waals surface area contributed by atoms with Crippen LogP contribution in [-0.4, -0.2) is 5.11 Å². The molecule has 14 heavy (non-hydrogen) atoms. The fraction of sp³-hybridized carbons (Fsp3) is 0.167. The highest BCUT2D eigenvalue weighted by molar-refractivity contribution is 7.08. The molecule has 1 aromatic heterocycles. The Kier molecular flexibility index (Phi) is 4.20. The Balaban J connectivity index is 0.000000140. The van der Waals surface area contributed by atoms with Gasteiger partial charge in [-0.2, -0.15) is 11.3 Å². The predicted molar refractivity (Wildman–Crippen MR) is 61.9 cm³/mol. The first-order valence-corrected chi connectivity index (χ1v) is 5.38. The van der Waals surface area contributed by atoms with Crippen molar-refractivity contribution in [3.8, 4) is 5.75 Å². The number of thiophene rings is 1. The molecule has 2 aromatic rings. The number of aryl methyl sites for hydroxylation is 2. The third-order valence-corrected chi connectivity index (χ3v) is 2.85. The molecule has 0 aliphatic heterocycles. The van der Waals surface area contributed by atoms with Crippen LogP contribution in [0.1, 0.15) is 11.1 Å².